The molecule has 2 aromatic carbocycles. The van der Waals surface area contributed by atoms with Gasteiger partial charge in [0.25, 0.3) is 0 Å². The van der Waals surface area contributed by atoms with Crippen LogP contribution in [0.2, 0.25) is 0 Å². The molecule has 0 bridgehead atoms. The first-order chi connectivity index (χ1) is 9.53. The zero-order valence-electron chi connectivity index (χ0n) is 12.0. The third kappa shape index (κ3) is 3.10. The first-order valence-electron chi connectivity index (χ1n) is 6.51. The molecule has 0 saturated heterocycles. The van der Waals surface area contributed by atoms with Gasteiger partial charge in [0.2, 0.25) is 0 Å². The molecule has 0 heterocycles. The van der Waals surface area contributed by atoms with Crippen LogP contribution in [0, 0.1) is 11.3 Å². The van der Waals surface area contributed by atoms with Crippen molar-refractivity contribution < 1.29 is 4.74 Å². The number of nitrogens with zero attached hydrogens (tertiary/aromatic N) is 2. The molecule has 0 amide bonds. The van der Waals surface area contributed by atoms with E-state index in [4.69, 9.17) is 10.00 Å². The number of hydrogen-bond acceptors (Lipinski definition) is 3. The minimum Gasteiger partial charge on any atom is -0.457 e. The summed E-state index contributed by atoms with van der Waals surface area (Å²) in [5.74, 6) is 1.59. The second-order valence-corrected chi connectivity index (χ2v) is 5.14. The van der Waals surface area contributed by atoms with E-state index in [9.17, 15) is 0 Å². The molecule has 2 aromatic rings. The Kier molecular flexibility index (Phi) is 3.95. The van der Waals surface area contributed by atoms with Crippen LogP contribution in [0.15, 0.2) is 54.6 Å². The van der Waals surface area contributed by atoms with Gasteiger partial charge in [0, 0.05) is 12.7 Å². The van der Waals surface area contributed by atoms with Crippen molar-refractivity contribution in [3.05, 3.63) is 54.6 Å². The molecule has 0 saturated carbocycles. The van der Waals surface area contributed by atoms with E-state index in [1.165, 1.54) is 0 Å². The molecule has 0 aliphatic carbocycles. The summed E-state index contributed by atoms with van der Waals surface area (Å²) in [5.41, 5.74) is 0.443. The molecular weight excluding hydrogens is 248 g/mol. The molecule has 20 heavy (non-hydrogen) atoms. The predicted molar refractivity (Wildman–Crippen MR) is 81.1 cm³/mol. The van der Waals surface area contributed by atoms with Crippen molar-refractivity contribution in [2.75, 3.05) is 11.9 Å². The number of nitriles is 1. The molecule has 0 fully saturated rings. The minimum absolute atomic E-state index is 0.540. The molecule has 2 rings (SSSR count). The highest BCUT2D eigenvalue weighted by Gasteiger charge is 2.22. The Hall–Kier alpha value is -2.47. The van der Waals surface area contributed by atoms with Crippen molar-refractivity contribution in [3.63, 3.8) is 0 Å². The second-order valence-electron chi connectivity index (χ2n) is 5.14. The molecule has 3 heteroatoms. The van der Waals surface area contributed by atoms with E-state index in [1.807, 2.05) is 80.4 Å². The first-order valence-corrected chi connectivity index (χ1v) is 6.51. The van der Waals surface area contributed by atoms with Crippen LogP contribution in [-0.4, -0.2) is 12.6 Å². The minimum atomic E-state index is -0.540. The van der Waals surface area contributed by atoms with Gasteiger partial charge in [-0.15, -0.1) is 0 Å². The molecule has 0 radical (unpaired) electrons. The molecule has 0 atom stereocenters. The Morgan fingerprint density at radius 1 is 0.950 bits per heavy atom. The SMILES string of the molecule is CN(c1ccc(Oc2ccccc2)cc1)C(C)(C)C#N. The lowest BCUT2D eigenvalue weighted by Gasteiger charge is -2.31. The predicted octanol–water partition coefficient (Wildman–Crippen LogP) is 4.22. The molecule has 0 aliphatic rings. The van der Waals surface area contributed by atoms with E-state index in [2.05, 4.69) is 6.07 Å². The van der Waals surface area contributed by atoms with Crippen LogP contribution in [0.5, 0.6) is 11.5 Å². The summed E-state index contributed by atoms with van der Waals surface area (Å²) < 4.78 is 5.74. The van der Waals surface area contributed by atoms with Gasteiger partial charge in [-0.05, 0) is 50.2 Å². The van der Waals surface area contributed by atoms with E-state index in [0.29, 0.717) is 0 Å². The number of hydrogen-bond donors (Lipinski definition) is 0. The quantitative estimate of drug-likeness (QED) is 0.831. The summed E-state index contributed by atoms with van der Waals surface area (Å²) >= 11 is 0. The standard InChI is InChI=1S/C17H18N2O/c1-17(2,13-18)19(3)14-9-11-16(12-10-14)20-15-7-5-4-6-8-15/h4-12H,1-3H3. The Balaban J connectivity index is 2.13. The maximum absolute atomic E-state index is 9.16. The summed E-state index contributed by atoms with van der Waals surface area (Å²) in [7, 11) is 1.91. The summed E-state index contributed by atoms with van der Waals surface area (Å²) in [5, 5.41) is 9.16. The lowest BCUT2D eigenvalue weighted by molar-refractivity contribution is 0.482. The molecule has 0 aromatic heterocycles. The fourth-order valence-electron chi connectivity index (χ4n) is 1.76. The topological polar surface area (TPSA) is 36.3 Å². The maximum atomic E-state index is 9.16. The van der Waals surface area contributed by atoms with Gasteiger partial charge in [0.15, 0.2) is 0 Å². The zero-order valence-corrected chi connectivity index (χ0v) is 12.0. The third-order valence-corrected chi connectivity index (χ3v) is 3.32. The van der Waals surface area contributed by atoms with E-state index in [1.54, 1.807) is 0 Å². The Labute approximate surface area is 120 Å². The highest BCUT2D eigenvalue weighted by molar-refractivity contribution is 5.52. The number of rotatable bonds is 4. The second kappa shape index (κ2) is 5.66. The molecule has 0 spiro atoms. The van der Waals surface area contributed by atoms with Crippen LogP contribution in [0.25, 0.3) is 0 Å². The fraction of sp³-hybridized carbons (Fsp3) is 0.235. The van der Waals surface area contributed by atoms with Crippen LogP contribution in [0.4, 0.5) is 5.69 Å². The Morgan fingerprint density at radius 2 is 1.50 bits per heavy atom. The van der Waals surface area contributed by atoms with Crippen molar-refractivity contribution in [2.45, 2.75) is 19.4 Å². The van der Waals surface area contributed by atoms with E-state index in [-0.39, 0.29) is 0 Å². The largest absolute Gasteiger partial charge is 0.457 e. The van der Waals surface area contributed by atoms with Gasteiger partial charge in [-0.2, -0.15) is 5.26 Å². The van der Waals surface area contributed by atoms with Crippen molar-refractivity contribution in [1.82, 2.24) is 0 Å². The van der Waals surface area contributed by atoms with Gasteiger partial charge in [-0.1, -0.05) is 18.2 Å². The molecule has 102 valence electrons. The summed E-state index contributed by atoms with van der Waals surface area (Å²) in [6, 6.07) is 19.7. The molecule has 0 aliphatic heterocycles. The van der Waals surface area contributed by atoms with Gasteiger partial charge < -0.3 is 9.64 Å². The van der Waals surface area contributed by atoms with Crippen molar-refractivity contribution in [2.24, 2.45) is 0 Å². The highest BCUT2D eigenvalue weighted by Crippen LogP contribution is 2.26. The van der Waals surface area contributed by atoms with Crippen LogP contribution in [-0.2, 0) is 0 Å². The fourth-order valence-corrected chi connectivity index (χ4v) is 1.76. The van der Waals surface area contributed by atoms with E-state index in [0.717, 1.165) is 17.2 Å². The lowest BCUT2D eigenvalue weighted by atomic mass is 10.1. The smallest absolute Gasteiger partial charge is 0.127 e. The maximum Gasteiger partial charge on any atom is 0.127 e. The average molecular weight is 266 g/mol. The number of ether oxygens (including phenoxy) is 1. The normalized spacial score (nSPS) is 10.7. The van der Waals surface area contributed by atoms with Crippen LogP contribution in [0.3, 0.4) is 0 Å². The summed E-state index contributed by atoms with van der Waals surface area (Å²) in [6.45, 7) is 3.78. The van der Waals surface area contributed by atoms with Gasteiger partial charge in [0.05, 0.1) is 6.07 Å². The Bertz CT molecular complexity index is 597. The molecule has 0 unspecified atom stereocenters. The third-order valence-electron chi connectivity index (χ3n) is 3.32. The van der Waals surface area contributed by atoms with E-state index < -0.39 is 5.54 Å². The number of anilines is 1. The van der Waals surface area contributed by atoms with Gasteiger partial charge >= 0.3 is 0 Å². The van der Waals surface area contributed by atoms with E-state index >= 15 is 0 Å². The average Bonchev–Trinajstić information content (AvgIpc) is 2.48. The molecule has 3 nitrogen and oxygen atoms in total. The zero-order chi connectivity index (χ0) is 14.6. The lowest BCUT2D eigenvalue weighted by Crippen LogP contribution is -2.39. The monoisotopic (exact) mass is 266 g/mol. The van der Waals surface area contributed by atoms with Crippen molar-refractivity contribution in [1.29, 1.82) is 5.26 Å². The summed E-state index contributed by atoms with van der Waals surface area (Å²) in [6.07, 6.45) is 0. The molecule has 0 N–H and O–H groups in total. The first kappa shape index (κ1) is 14.0. The Morgan fingerprint density at radius 3 is 2.05 bits per heavy atom. The van der Waals surface area contributed by atoms with Gasteiger partial charge in [0.1, 0.15) is 17.0 Å². The van der Waals surface area contributed by atoms with Crippen LogP contribution in [0.1, 0.15) is 13.8 Å². The van der Waals surface area contributed by atoms with Crippen LogP contribution >= 0.6 is 0 Å². The van der Waals surface area contributed by atoms with Gasteiger partial charge in [-0.3, -0.25) is 0 Å². The summed E-state index contributed by atoms with van der Waals surface area (Å²) in [4.78, 5) is 1.94. The van der Waals surface area contributed by atoms with Crippen molar-refractivity contribution in [3.8, 4) is 17.6 Å². The number of benzene rings is 2. The van der Waals surface area contributed by atoms with Crippen LogP contribution < -0.4 is 9.64 Å². The van der Waals surface area contributed by atoms with Gasteiger partial charge in [-0.25, -0.2) is 0 Å². The molecular formula is C17H18N2O. The number of para-hydroxylation sites is 1. The highest BCUT2D eigenvalue weighted by atomic mass is 16.5. The van der Waals surface area contributed by atoms with Crippen molar-refractivity contribution >= 4 is 5.69 Å².